The highest BCUT2D eigenvalue weighted by Gasteiger charge is 2.30. The van der Waals surface area contributed by atoms with Gasteiger partial charge in [-0.3, -0.25) is 0 Å². The van der Waals surface area contributed by atoms with Crippen LogP contribution in [0.2, 0.25) is 0 Å². The van der Waals surface area contributed by atoms with Crippen LogP contribution in [0.3, 0.4) is 0 Å². The summed E-state index contributed by atoms with van der Waals surface area (Å²) in [5.41, 5.74) is 0.634. The highest BCUT2D eigenvalue weighted by molar-refractivity contribution is 5.88. The molecule has 0 bridgehead atoms. The SMILES string of the molecule is Cc1ncc([N+](=O)[O-])n1C1CCCCCCCCCC/C1=N/O. The van der Waals surface area contributed by atoms with Gasteiger partial charge in [-0.25, -0.2) is 9.55 Å². The van der Waals surface area contributed by atoms with Crippen LogP contribution in [0.1, 0.15) is 76.1 Å². The molecule has 1 fully saturated rings. The number of aryl methyl sites for hydroxylation is 1. The summed E-state index contributed by atoms with van der Waals surface area (Å²) in [7, 11) is 0. The maximum absolute atomic E-state index is 11.3. The summed E-state index contributed by atoms with van der Waals surface area (Å²) >= 11 is 0. The molecule has 1 aromatic rings. The maximum Gasteiger partial charge on any atom is 0.343 e. The zero-order chi connectivity index (χ0) is 16.7. The summed E-state index contributed by atoms with van der Waals surface area (Å²) in [6, 6.07) is -0.276. The third kappa shape index (κ3) is 4.53. The second kappa shape index (κ2) is 8.64. The lowest BCUT2D eigenvalue weighted by Crippen LogP contribution is -2.22. The fourth-order valence-electron chi connectivity index (χ4n) is 3.39. The van der Waals surface area contributed by atoms with Gasteiger partial charge in [-0.05, 0) is 30.6 Å². The first kappa shape index (κ1) is 17.4. The summed E-state index contributed by atoms with van der Waals surface area (Å²) in [5, 5.41) is 24.3. The average Bonchev–Trinajstić information content (AvgIpc) is 2.90. The van der Waals surface area contributed by atoms with E-state index in [9.17, 15) is 15.3 Å². The first-order chi connectivity index (χ1) is 11.1. The van der Waals surface area contributed by atoms with Crippen LogP contribution in [0.25, 0.3) is 0 Å². The fraction of sp³-hybridized carbons (Fsp3) is 0.750. The van der Waals surface area contributed by atoms with E-state index >= 15 is 0 Å². The summed E-state index contributed by atoms with van der Waals surface area (Å²) in [5.74, 6) is 0.565. The number of nitro groups is 1. The zero-order valence-electron chi connectivity index (χ0n) is 13.8. The van der Waals surface area contributed by atoms with Gasteiger partial charge in [0, 0.05) is 6.92 Å². The van der Waals surface area contributed by atoms with Crippen LogP contribution in [-0.2, 0) is 0 Å². The lowest BCUT2D eigenvalue weighted by molar-refractivity contribution is -0.392. The Bertz CT molecular complexity index is 554. The van der Waals surface area contributed by atoms with E-state index in [1.807, 2.05) is 0 Å². The van der Waals surface area contributed by atoms with Gasteiger partial charge in [0.1, 0.15) is 18.0 Å². The van der Waals surface area contributed by atoms with Gasteiger partial charge in [0.05, 0.1) is 0 Å². The van der Waals surface area contributed by atoms with Crippen molar-refractivity contribution in [2.24, 2.45) is 5.16 Å². The molecule has 1 unspecified atom stereocenters. The molecule has 2 rings (SSSR count). The Balaban J connectivity index is 2.28. The minimum atomic E-state index is -0.412. The maximum atomic E-state index is 11.3. The van der Waals surface area contributed by atoms with Gasteiger partial charge in [0.2, 0.25) is 0 Å². The Labute approximate surface area is 136 Å². The predicted molar refractivity (Wildman–Crippen MR) is 88.0 cm³/mol. The second-order valence-electron chi connectivity index (χ2n) is 6.26. The van der Waals surface area contributed by atoms with Crippen molar-refractivity contribution < 1.29 is 10.1 Å². The monoisotopic (exact) mass is 322 g/mol. The largest absolute Gasteiger partial charge is 0.411 e. The van der Waals surface area contributed by atoms with Crippen LogP contribution in [0.15, 0.2) is 11.4 Å². The quantitative estimate of drug-likeness (QED) is 0.496. The van der Waals surface area contributed by atoms with E-state index in [1.165, 1.54) is 31.9 Å². The smallest absolute Gasteiger partial charge is 0.343 e. The molecule has 7 heteroatoms. The van der Waals surface area contributed by atoms with Crippen LogP contribution in [0.4, 0.5) is 5.82 Å². The Morgan fingerprint density at radius 2 is 1.83 bits per heavy atom. The van der Waals surface area contributed by atoms with Crippen molar-refractivity contribution in [3.05, 3.63) is 22.1 Å². The van der Waals surface area contributed by atoms with Crippen molar-refractivity contribution in [2.45, 2.75) is 77.2 Å². The lowest BCUT2D eigenvalue weighted by atomic mass is 9.96. The number of hydrogen-bond acceptors (Lipinski definition) is 5. The average molecular weight is 322 g/mol. The van der Waals surface area contributed by atoms with E-state index in [4.69, 9.17) is 0 Å². The first-order valence-electron chi connectivity index (χ1n) is 8.54. The topological polar surface area (TPSA) is 93.5 Å². The van der Waals surface area contributed by atoms with E-state index < -0.39 is 4.92 Å². The number of rotatable bonds is 2. The predicted octanol–water partition coefficient (Wildman–Crippen LogP) is 4.39. The van der Waals surface area contributed by atoms with Crippen LogP contribution in [0.5, 0.6) is 0 Å². The third-order valence-corrected chi connectivity index (χ3v) is 4.63. The summed E-state index contributed by atoms with van der Waals surface area (Å²) in [4.78, 5) is 15.0. The van der Waals surface area contributed by atoms with Gasteiger partial charge in [0.15, 0.2) is 5.82 Å². The number of imidazole rings is 1. The van der Waals surface area contributed by atoms with Gasteiger partial charge in [-0.15, -0.1) is 0 Å². The van der Waals surface area contributed by atoms with Crippen LogP contribution >= 0.6 is 0 Å². The van der Waals surface area contributed by atoms with Gasteiger partial charge in [-0.2, -0.15) is 0 Å². The zero-order valence-corrected chi connectivity index (χ0v) is 13.8. The molecule has 23 heavy (non-hydrogen) atoms. The van der Waals surface area contributed by atoms with Crippen molar-refractivity contribution in [1.29, 1.82) is 0 Å². The van der Waals surface area contributed by atoms with Crippen molar-refractivity contribution in [1.82, 2.24) is 9.55 Å². The first-order valence-corrected chi connectivity index (χ1v) is 8.54. The Hall–Kier alpha value is -1.92. The van der Waals surface area contributed by atoms with E-state index in [1.54, 1.807) is 11.5 Å². The molecular weight excluding hydrogens is 296 g/mol. The van der Waals surface area contributed by atoms with Crippen LogP contribution in [0, 0.1) is 17.0 Å². The fourth-order valence-corrected chi connectivity index (χ4v) is 3.39. The summed E-state index contributed by atoms with van der Waals surface area (Å²) < 4.78 is 1.63. The molecule has 0 amide bonds. The molecule has 1 N–H and O–H groups in total. The van der Waals surface area contributed by atoms with Crippen molar-refractivity contribution in [2.75, 3.05) is 0 Å². The molecule has 0 aromatic carbocycles. The molecule has 1 heterocycles. The summed E-state index contributed by atoms with van der Waals surface area (Å²) in [6.07, 6.45) is 11.8. The number of nitrogens with zero attached hydrogens (tertiary/aromatic N) is 4. The van der Waals surface area contributed by atoms with Crippen molar-refractivity contribution in [3.8, 4) is 0 Å². The van der Waals surface area contributed by atoms with E-state index in [2.05, 4.69) is 10.1 Å². The van der Waals surface area contributed by atoms with Crippen LogP contribution < -0.4 is 0 Å². The molecule has 0 aliphatic heterocycles. The van der Waals surface area contributed by atoms with Gasteiger partial charge in [0.25, 0.3) is 0 Å². The molecule has 0 spiro atoms. The van der Waals surface area contributed by atoms with Crippen LogP contribution in [-0.4, -0.2) is 25.4 Å². The Kier molecular flexibility index (Phi) is 6.55. The van der Waals surface area contributed by atoms with Crippen molar-refractivity contribution >= 4 is 11.5 Å². The second-order valence-corrected chi connectivity index (χ2v) is 6.26. The third-order valence-electron chi connectivity index (χ3n) is 4.63. The molecule has 128 valence electrons. The van der Waals surface area contributed by atoms with Crippen molar-refractivity contribution in [3.63, 3.8) is 0 Å². The van der Waals surface area contributed by atoms with Gasteiger partial charge in [-0.1, -0.05) is 43.7 Å². The Morgan fingerprint density at radius 3 is 2.43 bits per heavy atom. The normalized spacial score (nSPS) is 23.2. The molecule has 0 radical (unpaired) electrons. The number of oxime groups is 1. The molecule has 0 saturated heterocycles. The van der Waals surface area contributed by atoms with E-state index in [0.29, 0.717) is 18.0 Å². The number of aromatic nitrogens is 2. The Morgan fingerprint density at radius 1 is 1.22 bits per heavy atom. The van der Waals surface area contributed by atoms with Gasteiger partial charge >= 0.3 is 5.82 Å². The molecule has 1 aliphatic carbocycles. The standard InChI is InChI=1S/C16H26N4O3/c1-13-17-12-16(20(22)23)19(13)15-11-9-7-5-3-2-4-6-8-10-14(15)18-21/h12,15,21H,2-11H2,1H3/b18-14-. The highest BCUT2D eigenvalue weighted by Crippen LogP contribution is 2.29. The number of hydrogen-bond donors (Lipinski definition) is 1. The molecule has 1 aliphatic rings. The summed E-state index contributed by atoms with van der Waals surface area (Å²) in [6.45, 7) is 1.76. The minimum Gasteiger partial charge on any atom is -0.411 e. The highest BCUT2D eigenvalue weighted by atomic mass is 16.6. The minimum absolute atomic E-state index is 0.0271. The lowest BCUT2D eigenvalue weighted by Gasteiger charge is -2.18. The molecular formula is C16H26N4O3. The molecule has 1 atom stereocenters. The molecule has 1 aromatic heterocycles. The van der Waals surface area contributed by atoms with E-state index in [-0.39, 0.29) is 11.9 Å². The molecule has 1 saturated carbocycles. The molecule has 7 nitrogen and oxygen atoms in total. The van der Waals surface area contributed by atoms with Gasteiger partial charge < -0.3 is 15.3 Å². The van der Waals surface area contributed by atoms with E-state index in [0.717, 1.165) is 32.1 Å².